The molecule has 0 radical (unpaired) electrons. The second-order valence-electron chi connectivity index (χ2n) is 5.01. The summed E-state index contributed by atoms with van der Waals surface area (Å²) in [7, 11) is 0. The van der Waals surface area contributed by atoms with E-state index >= 15 is 0 Å². The fraction of sp³-hybridized carbons (Fsp3) is 0.188. The number of nitrogens with zero attached hydrogens (tertiary/aromatic N) is 3. The monoisotopic (exact) mass is 281 g/mol. The van der Waals surface area contributed by atoms with Gasteiger partial charge in [0.05, 0.1) is 11.2 Å². The quantitative estimate of drug-likeness (QED) is 0.801. The van der Waals surface area contributed by atoms with Crippen LogP contribution < -0.4 is 0 Å². The Labute approximate surface area is 121 Å². The van der Waals surface area contributed by atoms with Crippen molar-refractivity contribution in [1.82, 2.24) is 14.8 Å². The minimum Gasteiger partial charge on any atom is -0.480 e. The number of carboxylic acids is 1. The number of aliphatic carboxylic acids is 1. The Morgan fingerprint density at radius 3 is 2.86 bits per heavy atom. The maximum absolute atomic E-state index is 10.9. The Kier molecular flexibility index (Phi) is 3.17. The molecule has 0 aliphatic carbocycles. The van der Waals surface area contributed by atoms with Gasteiger partial charge in [-0.05, 0) is 37.6 Å². The summed E-state index contributed by atoms with van der Waals surface area (Å²) in [4.78, 5) is 15.2. The Morgan fingerprint density at radius 1 is 1.29 bits per heavy atom. The predicted molar refractivity (Wildman–Crippen MR) is 80.1 cm³/mol. The van der Waals surface area contributed by atoms with E-state index in [4.69, 9.17) is 5.11 Å². The highest BCUT2D eigenvalue weighted by Crippen LogP contribution is 2.29. The van der Waals surface area contributed by atoms with E-state index in [1.807, 2.05) is 38.1 Å². The van der Waals surface area contributed by atoms with Gasteiger partial charge in [-0.2, -0.15) is 5.10 Å². The summed E-state index contributed by atoms with van der Waals surface area (Å²) >= 11 is 0. The summed E-state index contributed by atoms with van der Waals surface area (Å²) in [6.45, 7) is 3.67. The molecule has 0 aliphatic rings. The Balaban J connectivity index is 2.13. The highest BCUT2D eigenvalue weighted by Gasteiger charge is 2.15. The SMILES string of the molecule is Cc1nn(CC(=O)O)c(C)c1-c1ccc2ncccc2c1. The number of pyridine rings is 1. The molecule has 3 rings (SSSR count). The van der Waals surface area contributed by atoms with Gasteiger partial charge >= 0.3 is 5.97 Å². The van der Waals surface area contributed by atoms with Crippen LogP contribution >= 0.6 is 0 Å². The molecule has 1 N–H and O–H groups in total. The first-order chi connectivity index (χ1) is 10.1. The molecule has 5 nitrogen and oxygen atoms in total. The molecule has 5 heteroatoms. The summed E-state index contributed by atoms with van der Waals surface area (Å²) in [6, 6.07) is 9.94. The molecule has 0 amide bonds. The third-order valence-electron chi connectivity index (χ3n) is 3.56. The maximum atomic E-state index is 10.9. The number of aryl methyl sites for hydroxylation is 1. The minimum atomic E-state index is -0.894. The minimum absolute atomic E-state index is 0.123. The fourth-order valence-corrected chi connectivity index (χ4v) is 2.63. The van der Waals surface area contributed by atoms with Crippen LogP contribution in [0.15, 0.2) is 36.5 Å². The van der Waals surface area contributed by atoms with Gasteiger partial charge in [-0.3, -0.25) is 14.5 Å². The molecule has 0 aliphatic heterocycles. The predicted octanol–water partition coefficient (Wildman–Crippen LogP) is 2.80. The maximum Gasteiger partial charge on any atom is 0.325 e. The second kappa shape index (κ2) is 5.01. The molecular formula is C16H15N3O2. The van der Waals surface area contributed by atoms with Crippen molar-refractivity contribution in [1.29, 1.82) is 0 Å². The van der Waals surface area contributed by atoms with Crippen molar-refractivity contribution in [2.24, 2.45) is 0 Å². The molecule has 1 aromatic carbocycles. The lowest BCUT2D eigenvalue weighted by molar-refractivity contribution is -0.137. The first kappa shape index (κ1) is 13.3. The van der Waals surface area contributed by atoms with Gasteiger partial charge in [0.1, 0.15) is 6.54 Å². The average Bonchev–Trinajstić information content (AvgIpc) is 2.72. The average molecular weight is 281 g/mol. The lowest BCUT2D eigenvalue weighted by Gasteiger charge is -2.05. The number of benzene rings is 1. The number of fused-ring (bicyclic) bond motifs is 1. The van der Waals surface area contributed by atoms with Crippen molar-refractivity contribution in [2.75, 3.05) is 0 Å². The van der Waals surface area contributed by atoms with Crippen molar-refractivity contribution in [3.05, 3.63) is 47.9 Å². The smallest absolute Gasteiger partial charge is 0.325 e. The molecule has 0 fully saturated rings. The van der Waals surface area contributed by atoms with E-state index in [1.165, 1.54) is 4.68 Å². The van der Waals surface area contributed by atoms with Crippen LogP contribution in [0.4, 0.5) is 0 Å². The summed E-state index contributed by atoms with van der Waals surface area (Å²) in [6.07, 6.45) is 1.77. The standard InChI is InChI=1S/C16H15N3O2/c1-10-16(11(2)19(18-10)9-15(20)21)13-5-6-14-12(8-13)4-3-7-17-14/h3-8H,9H2,1-2H3,(H,20,21). The zero-order valence-electron chi connectivity index (χ0n) is 11.9. The highest BCUT2D eigenvalue weighted by atomic mass is 16.4. The van der Waals surface area contributed by atoms with Gasteiger partial charge in [-0.25, -0.2) is 0 Å². The van der Waals surface area contributed by atoms with Gasteiger partial charge < -0.3 is 5.11 Å². The summed E-state index contributed by atoms with van der Waals surface area (Å²) < 4.78 is 1.53. The first-order valence-electron chi connectivity index (χ1n) is 6.67. The van der Waals surface area contributed by atoms with Crippen molar-refractivity contribution in [3.8, 4) is 11.1 Å². The molecule has 0 spiro atoms. The number of aromatic nitrogens is 3. The topological polar surface area (TPSA) is 68.0 Å². The van der Waals surface area contributed by atoms with Crippen LogP contribution in [-0.4, -0.2) is 25.8 Å². The molecule has 0 saturated carbocycles. The van der Waals surface area contributed by atoms with E-state index in [9.17, 15) is 4.79 Å². The van der Waals surface area contributed by atoms with Crippen LogP contribution in [0.5, 0.6) is 0 Å². The third kappa shape index (κ3) is 2.38. The number of rotatable bonds is 3. The van der Waals surface area contributed by atoms with E-state index in [0.29, 0.717) is 0 Å². The van der Waals surface area contributed by atoms with Gasteiger partial charge in [0.15, 0.2) is 0 Å². The first-order valence-corrected chi connectivity index (χ1v) is 6.67. The molecule has 0 saturated heterocycles. The van der Waals surface area contributed by atoms with Crippen LogP contribution in [0.3, 0.4) is 0 Å². The summed E-state index contributed by atoms with van der Waals surface area (Å²) in [5.41, 5.74) is 4.65. The number of carboxylic acid groups (broad SMARTS) is 1. The van der Waals surface area contributed by atoms with Crippen molar-refractivity contribution in [3.63, 3.8) is 0 Å². The molecule has 0 bridgehead atoms. The van der Waals surface area contributed by atoms with E-state index < -0.39 is 5.97 Å². The Bertz CT molecular complexity index is 837. The lowest BCUT2D eigenvalue weighted by Crippen LogP contribution is -2.11. The summed E-state index contributed by atoms with van der Waals surface area (Å²) in [5.74, 6) is -0.894. The number of hydrogen-bond acceptors (Lipinski definition) is 3. The molecule has 21 heavy (non-hydrogen) atoms. The van der Waals surface area contributed by atoms with Crippen LogP contribution in [0, 0.1) is 13.8 Å². The summed E-state index contributed by atoms with van der Waals surface area (Å²) in [5, 5.41) is 14.3. The van der Waals surface area contributed by atoms with Gasteiger partial charge in [0.2, 0.25) is 0 Å². The normalized spacial score (nSPS) is 11.0. The van der Waals surface area contributed by atoms with Crippen molar-refractivity contribution in [2.45, 2.75) is 20.4 Å². The molecule has 0 unspecified atom stereocenters. The Hall–Kier alpha value is -2.69. The molecular weight excluding hydrogens is 266 g/mol. The molecule has 3 aromatic rings. The van der Waals surface area contributed by atoms with E-state index in [-0.39, 0.29) is 6.54 Å². The third-order valence-corrected chi connectivity index (χ3v) is 3.56. The number of carbonyl (C=O) groups is 1. The van der Waals surface area contributed by atoms with Crippen molar-refractivity contribution >= 4 is 16.9 Å². The fourth-order valence-electron chi connectivity index (χ4n) is 2.63. The largest absolute Gasteiger partial charge is 0.480 e. The second-order valence-corrected chi connectivity index (χ2v) is 5.01. The van der Waals surface area contributed by atoms with Crippen LogP contribution in [-0.2, 0) is 11.3 Å². The molecule has 0 atom stereocenters. The molecule has 2 heterocycles. The van der Waals surface area contributed by atoms with Gasteiger partial charge in [-0.1, -0.05) is 12.1 Å². The van der Waals surface area contributed by atoms with Crippen LogP contribution in [0.25, 0.3) is 22.0 Å². The van der Waals surface area contributed by atoms with Gasteiger partial charge in [0, 0.05) is 22.8 Å². The zero-order chi connectivity index (χ0) is 15.0. The van der Waals surface area contributed by atoms with Gasteiger partial charge in [-0.15, -0.1) is 0 Å². The molecule has 2 aromatic heterocycles. The van der Waals surface area contributed by atoms with Crippen LogP contribution in [0.1, 0.15) is 11.4 Å². The van der Waals surface area contributed by atoms with E-state index in [2.05, 4.69) is 16.1 Å². The highest BCUT2D eigenvalue weighted by molar-refractivity contribution is 5.85. The zero-order valence-corrected chi connectivity index (χ0v) is 11.9. The van der Waals surface area contributed by atoms with Gasteiger partial charge in [0.25, 0.3) is 0 Å². The van der Waals surface area contributed by atoms with Crippen molar-refractivity contribution < 1.29 is 9.90 Å². The lowest BCUT2D eigenvalue weighted by atomic mass is 10.0. The van der Waals surface area contributed by atoms with E-state index in [1.54, 1.807) is 6.20 Å². The van der Waals surface area contributed by atoms with Crippen LogP contribution in [0.2, 0.25) is 0 Å². The number of hydrogen-bond donors (Lipinski definition) is 1. The van der Waals surface area contributed by atoms with E-state index in [0.717, 1.165) is 33.4 Å². The Morgan fingerprint density at radius 2 is 2.10 bits per heavy atom. The molecule has 106 valence electrons.